The number of rotatable bonds is 2. The van der Waals surface area contributed by atoms with Crippen LogP contribution in [0.5, 0.6) is 0 Å². The first kappa shape index (κ1) is 25.7. The molecule has 0 radical (unpaired) electrons. The minimum atomic E-state index is -0.990. The molecule has 0 saturated heterocycles. The maximum Gasteiger partial charge on any atom is 0.138 e. The van der Waals surface area contributed by atoms with Gasteiger partial charge in [0.15, 0.2) is 0 Å². The Morgan fingerprint density at radius 2 is 1.05 bits per heavy atom. The van der Waals surface area contributed by atoms with Crippen LogP contribution in [0.2, 0.25) is 0 Å². The average molecular weight is 820 g/mol. The number of furan rings is 1. The topological polar surface area (TPSA) is 13.1 Å². The summed E-state index contributed by atoms with van der Waals surface area (Å²) in [5, 5.41) is 4.58. The van der Waals surface area contributed by atoms with Gasteiger partial charge in [-0.15, -0.1) is 0 Å². The van der Waals surface area contributed by atoms with Crippen molar-refractivity contribution < 1.29 is 25.0 Å². The SMILES string of the molecule is [2H]C1=C(C)c2c([2H])c(C)c3c([2H])c(-c4c5c([2H])c(C)c(C)c([2H])c5c(-c5c(C)c(C)c6oc7c([2H])c8c([2H])c([2H])c([2H])c(C)c8c(C)c7c6c5[2H])c5c(C)c([2H])c([2H])c(C)c45)c4c(C)c([2H])c([2H])c(C)c4c3c2C(C)C1[2H]. The van der Waals surface area contributed by atoms with Crippen LogP contribution in [-0.4, -0.2) is 0 Å². The summed E-state index contributed by atoms with van der Waals surface area (Å²) in [6, 6.07) is -1.04. The molecular weight excluding hydrogens is 749 g/mol. The number of hydrogen-bond donors (Lipinski definition) is 0. The van der Waals surface area contributed by atoms with Gasteiger partial charge in [0.1, 0.15) is 11.2 Å². The van der Waals surface area contributed by atoms with Gasteiger partial charge < -0.3 is 4.42 Å². The van der Waals surface area contributed by atoms with Crippen molar-refractivity contribution in [3.63, 3.8) is 0 Å². The summed E-state index contributed by atoms with van der Waals surface area (Å²) in [7, 11) is 0. The highest BCUT2D eigenvalue weighted by Crippen LogP contribution is 2.53. The molecule has 11 rings (SSSR count). The largest absolute Gasteiger partial charge is 0.456 e. The van der Waals surface area contributed by atoms with Gasteiger partial charge in [-0.2, -0.15) is 0 Å². The summed E-state index contributed by atoms with van der Waals surface area (Å²) >= 11 is 0. The third-order valence-corrected chi connectivity index (χ3v) is 13.9. The second-order valence-corrected chi connectivity index (χ2v) is 17.8. The zero-order chi connectivity index (χ0) is 56.4. The van der Waals surface area contributed by atoms with Gasteiger partial charge in [0.05, 0.1) is 19.2 Å². The number of fused-ring (bicyclic) bond motifs is 11. The van der Waals surface area contributed by atoms with E-state index in [-0.39, 0.29) is 112 Å². The molecule has 62 heavy (non-hydrogen) atoms. The molecule has 1 aliphatic carbocycles. The van der Waals surface area contributed by atoms with Gasteiger partial charge in [0.25, 0.3) is 0 Å². The van der Waals surface area contributed by atoms with Crippen LogP contribution in [0, 0.1) is 76.2 Å². The van der Waals surface area contributed by atoms with E-state index in [4.69, 9.17) is 9.90 Å². The van der Waals surface area contributed by atoms with Crippen LogP contribution in [0.3, 0.4) is 0 Å². The highest BCUT2D eigenvalue weighted by atomic mass is 16.3. The Morgan fingerprint density at radius 3 is 1.71 bits per heavy atom. The van der Waals surface area contributed by atoms with Crippen molar-refractivity contribution in [1.29, 1.82) is 0 Å². The van der Waals surface area contributed by atoms with Crippen molar-refractivity contribution in [3.05, 3.63) is 157 Å². The van der Waals surface area contributed by atoms with E-state index in [1.165, 1.54) is 0 Å². The normalized spacial score (nSPS) is 19.1. The van der Waals surface area contributed by atoms with E-state index in [1.54, 1.807) is 69.2 Å². The molecule has 2 atom stereocenters. The van der Waals surface area contributed by atoms with E-state index in [0.29, 0.717) is 149 Å². The second kappa shape index (κ2) is 13.4. The molecule has 9 aromatic carbocycles. The first-order valence-corrected chi connectivity index (χ1v) is 21.4. The third-order valence-electron chi connectivity index (χ3n) is 13.9. The molecule has 1 nitrogen and oxygen atoms in total. The Labute approximate surface area is 387 Å². The van der Waals surface area contributed by atoms with Crippen molar-refractivity contribution in [2.45, 2.75) is 102 Å². The van der Waals surface area contributed by atoms with Crippen LogP contribution in [-0.2, 0) is 0 Å². The van der Waals surface area contributed by atoms with E-state index in [1.807, 2.05) is 20.8 Å². The van der Waals surface area contributed by atoms with Crippen LogP contribution < -0.4 is 0 Å². The van der Waals surface area contributed by atoms with Crippen molar-refractivity contribution in [2.24, 2.45) is 0 Å². The molecule has 0 spiro atoms. The molecular formula is C61H56O. The summed E-state index contributed by atoms with van der Waals surface area (Å²) in [4.78, 5) is 0. The summed E-state index contributed by atoms with van der Waals surface area (Å²) < 4.78 is 151. The molecule has 0 fully saturated rings. The Morgan fingerprint density at radius 1 is 0.468 bits per heavy atom. The van der Waals surface area contributed by atoms with E-state index < -0.39 is 12.3 Å². The molecule has 10 aromatic rings. The lowest BCUT2D eigenvalue weighted by Crippen LogP contribution is -2.06. The van der Waals surface area contributed by atoms with Crippen molar-refractivity contribution in [1.82, 2.24) is 0 Å². The summed E-state index contributed by atoms with van der Waals surface area (Å²) in [5.41, 5.74) is 8.34. The first-order chi connectivity index (χ1) is 36.0. The van der Waals surface area contributed by atoms with Gasteiger partial charge in [-0.1, -0.05) is 73.4 Å². The van der Waals surface area contributed by atoms with Crippen molar-refractivity contribution in [3.8, 4) is 22.3 Å². The quantitative estimate of drug-likeness (QED) is 0.125. The molecule has 0 amide bonds. The van der Waals surface area contributed by atoms with Crippen LogP contribution in [0.15, 0.2) is 89.0 Å². The fourth-order valence-electron chi connectivity index (χ4n) is 10.5. The molecule has 1 heterocycles. The molecule has 0 saturated carbocycles. The van der Waals surface area contributed by atoms with Crippen LogP contribution >= 0.6 is 0 Å². The molecule has 2 unspecified atom stereocenters. The minimum absolute atomic E-state index is 0.0201. The Hall–Kier alpha value is -6.18. The number of allylic oxidation sites excluding steroid dienone is 2. The van der Waals surface area contributed by atoms with Gasteiger partial charge in [-0.25, -0.2) is 0 Å². The predicted octanol–water partition coefficient (Wildman–Crippen LogP) is 18.0. The van der Waals surface area contributed by atoms with Crippen molar-refractivity contribution in [2.75, 3.05) is 0 Å². The lowest BCUT2D eigenvalue weighted by atomic mass is 9.75. The summed E-state index contributed by atoms with van der Waals surface area (Å²) in [6.07, 6.45) is -0.990. The Kier molecular flexibility index (Phi) is 5.55. The van der Waals surface area contributed by atoms with Gasteiger partial charge in [0.2, 0.25) is 0 Å². The monoisotopic (exact) mass is 820 g/mol. The average Bonchev–Trinajstić information content (AvgIpc) is 3.88. The van der Waals surface area contributed by atoms with Gasteiger partial charge in [-0.3, -0.25) is 0 Å². The summed E-state index contributed by atoms with van der Waals surface area (Å²) in [5.74, 6) is -0.606. The standard InChI is InChI=1S/C61H56O/c1-29-17-18-31(3)52-43(29)25-38(10)44-27-48(53-32(4)19-20-33(5)54(53)60(44)52)59-47-24-37(9)36(8)23-46(47)58(55-34(6)21-22-35(7)56(55)59)45-28-49-57-41(13)51-30(2)15-14-16-42(51)26-50(57)62-61(49)40(12)39(45)11/h14-17,19-28,31H,18H2,1-13H3/i14D,15D,16D,17D,18D,19D,20D,21D,22D,23D,24D,25D,26D,27D,28D. The molecule has 0 bridgehead atoms. The second-order valence-electron chi connectivity index (χ2n) is 17.8. The Bertz CT molecular complexity index is 4510. The molecule has 306 valence electrons. The van der Waals surface area contributed by atoms with Gasteiger partial charge >= 0.3 is 0 Å². The third kappa shape index (κ3) is 5.15. The molecule has 1 aliphatic rings. The fourth-order valence-corrected chi connectivity index (χ4v) is 10.5. The molecule has 0 N–H and O–H groups in total. The zero-order valence-corrected chi connectivity index (χ0v) is 37.6. The number of benzene rings is 9. The van der Waals surface area contributed by atoms with Crippen LogP contribution in [0.1, 0.15) is 119 Å². The highest BCUT2D eigenvalue weighted by Gasteiger charge is 2.28. The van der Waals surface area contributed by atoms with E-state index in [2.05, 4.69) is 0 Å². The van der Waals surface area contributed by atoms with Crippen LogP contribution in [0.4, 0.5) is 0 Å². The zero-order valence-electron chi connectivity index (χ0n) is 52.6. The number of aryl methyl sites for hydroxylation is 8. The molecule has 1 heteroatoms. The molecule has 1 aromatic heterocycles. The smallest absolute Gasteiger partial charge is 0.138 e. The Balaban J connectivity index is 1.47. The van der Waals surface area contributed by atoms with Crippen LogP contribution in [0.25, 0.3) is 104 Å². The molecule has 0 aliphatic heterocycles. The highest BCUT2D eigenvalue weighted by molar-refractivity contribution is 6.29. The fraction of sp³-hybridized carbons (Fsp3) is 0.246. The van der Waals surface area contributed by atoms with E-state index >= 15 is 0 Å². The van der Waals surface area contributed by atoms with Gasteiger partial charge in [0, 0.05) is 12.1 Å². The maximum absolute atomic E-state index is 10.7. The minimum Gasteiger partial charge on any atom is -0.456 e. The lowest BCUT2D eigenvalue weighted by Gasteiger charge is -2.28. The predicted molar refractivity (Wildman–Crippen MR) is 271 cm³/mol. The van der Waals surface area contributed by atoms with E-state index in [9.17, 15) is 15.1 Å². The van der Waals surface area contributed by atoms with Crippen molar-refractivity contribution >= 4 is 81.4 Å². The number of hydrogen-bond acceptors (Lipinski definition) is 1. The maximum atomic E-state index is 10.7. The van der Waals surface area contributed by atoms with Gasteiger partial charge in [-0.05, 0) is 268 Å². The first-order valence-electron chi connectivity index (χ1n) is 29.0. The van der Waals surface area contributed by atoms with E-state index in [0.717, 1.165) is 0 Å². The summed E-state index contributed by atoms with van der Waals surface area (Å²) in [6.45, 7) is 23.0. The lowest BCUT2D eigenvalue weighted by molar-refractivity contribution is 0.665.